The highest BCUT2D eigenvalue weighted by Crippen LogP contribution is 2.21. The predicted molar refractivity (Wildman–Crippen MR) is 68.7 cm³/mol. The molecule has 2 rings (SSSR count). The smallest absolute Gasteiger partial charge is 0.252 e. The largest absolute Gasteiger partial charge is 0.486 e. The van der Waals surface area contributed by atoms with E-state index in [-0.39, 0.29) is 6.61 Å². The second kappa shape index (κ2) is 5.46. The van der Waals surface area contributed by atoms with E-state index in [0.717, 1.165) is 5.00 Å². The fourth-order valence-corrected chi connectivity index (χ4v) is 1.95. The summed E-state index contributed by atoms with van der Waals surface area (Å²) in [6.45, 7) is 0.233. The first-order valence-electron chi connectivity index (χ1n) is 5.23. The van der Waals surface area contributed by atoms with Crippen molar-refractivity contribution >= 4 is 22.4 Å². The molecule has 1 amide bonds. The molecule has 0 saturated carbocycles. The molecule has 2 aromatic rings. The Hall–Kier alpha value is -2.15. The summed E-state index contributed by atoms with van der Waals surface area (Å²) in [6, 6.07) is 6.82. The molecule has 7 heteroatoms. The molecular formula is C11H12N4O2S. The van der Waals surface area contributed by atoms with Gasteiger partial charge in [0.2, 0.25) is 0 Å². The van der Waals surface area contributed by atoms with Gasteiger partial charge in [0.05, 0.1) is 5.56 Å². The van der Waals surface area contributed by atoms with Crippen molar-refractivity contribution in [2.24, 2.45) is 5.73 Å². The van der Waals surface area contributed by atoms with Gasteiger partial charge in [-0.2, -0.15) is 0 Å². The molecule has 6 nitrogen and oxygen atoms in total. The van der Waals surface area contributed by atoms with Gasteiger partial charge in [-0.15, -0.1) is 5.10 Å². The second-order valence-electron chi connectivity index (χ2n) is 3.45. The van der Waals surface area contributed by atoms with Crippen LogP contribution in [0.15, 0.2) is 24.3 Å². The number of amides is 1. The summed E-state index contributed by atoms with van der Waals surface area (Å²) < 4.78 is 9.37. The topological polar surface area (TPSA) is 90.1 Å². The van der Waals surface area contributed by atoms with Gasteiger partial charge in [-0.25, -0.2) is 0 Å². The summed E-state index contributed by atoms with van der Waals surface area (Å²) in [5, 5.41) is 7.75. The van der Waals surface area contributed by atoms with Crippen LogP contribution in [-0.2, 0) is 6.61 Å². The lowest BCUT2D eigenvalue weighted by atomic mass is 10.2. The molecule has 0 saturated heterocycles. The fourth-order valence-electron chi connectivity index (χ4n) is 1.44. The predicted octanol–water partition coefficient (Wildman–Crippen LogP) is 1.26. The van der Waals surface area contributed by atoms with Gasteiger partial charge >= 0.3 is 0 Å². The number of hydrogen-bond acceptors (Lipinski definition) is 6. The maximum absolute atomic E-state index is 11.2. The van der Waals surface area contributed by atoms with E-state index >= 15 is 0 Å². The summed E-state index contributed by atoms with van der Waals surface area (Å²) in [5.41, 5.74) is 6.31. The summed E-state index contributed by atoms with van der Waals surface area (Å²) in [6.07, 6.45) is 0. The van der Waals surface area contributed by atoms with E-state index in [4.69, 9.17) is 10.5 Å². The Morgan fingerprint density at radius 1 is 1.50 bits per heavy atom. The number of primary amides is 1. The van der Waals surface area contributed by atoms with Gasteiger partial charge in [0.15, 0.2) is 0 Å². The van der Waals surface area contributed by atoms with Crippen LogP contribution in [0.2, 0.25) is 0 Å². The molecule has 0 aliphatic carbocycles. The molecule has 0 atom stereocenters. The Morgan fingerprint density at radius 3 is 3.00 bits per heavy atom. The lowest BCUT2D eigenvalue weighted by Crippen LogP contribution is -2.13. The molecule has 0 radical (unpaired) electrons. The molecule has 18 heavy (non-hydrogen) atoms. The van der Waals surface area contributed by atoms with Crippen LogP contribution in [0.3, 0.4) is 0 Å². The van der Waals surface area contributed by atoms with Crippen molar-refractivity contribution in [3.8, 4) is 5.75 Å². The lowest BCUT2D eigenvalue weighted by molar-refractivity contribution is 0.0996. The van der Waals surface area contributed by atoms with Gasteiger partial charge in [-0.1, -0.05) is 16.6 Å². The van der Waals surface area contributed by atoms with Crippen LogP contribution in [-0.4, -0.2) is 22.5 Å². The van der Waals surface area contributed by atoms with Crippen molar-refractivity contribution in [3.05, 3.63) is 35.5 Å². The monoisotopic (exact) mass is 264 g/mol. The minimum atomic E-state index is -0.518. The highest BCUT2D eigenvalue weighted by molar-refractivity contribution is 7.10. The van der Waals surface area contributed by atoms with Crippen LogP contribution in [0, 0.1) is 0 Å². The first-order valence-corrected chi connectivity index (χ1v) is 6.00. The fraction of sp³-hybridized carbons (Fsp3) is 0.182. The first-order chi connectivity index (χ1) is 8.72. The normalized spacial score (nSPS) is 10.1. The van der Waals surface area contributed by atoms with E-state index in [2.05, 4.69) is 14.9 Å². The molecule has 94 valence electrons. The number of hydrogen-bond donors (Lipinski definition) is 2. The maximum Gasteiger partial charge on any atom is 0.252 e. The van der Waals surface area contributed by atoms with E-state index in [9.17, 15) is 4.79 Å². The van der Waals surface area contributed by atoms with Crippen LogP contribution in [0.5, 0.6) is 5.75 Å². The third kappa shape index (κ3) is 2.57. The Kier molecular flexibility index (Phi) is 3.73. The molecule has 0 unspecified atom stereocenters. The van der Waals surface area contributed by atoms with Crippen LogP contribution < -0.4 is 15.8 Å². The molecule has 0 aliphatic heterocycles. The quantitative estimate of drug-likeness (QED) is 0.848. The van der Waals surface area contributed by atoms with Crippen LogP contribution in [0.4, 0.5) is 5.00 Å². The lowest BCUT2D eigenvalue weighted by Gasteiger charge is -2.08. The summed E-state index contributed by atoms with van der Waals surface area (Å²) in [4.78, 5) is 11.2. The number of ether oxygens (including phenoxy) is 1. The van der Waals surface area contributed by atoms with Crippen molar-refractivity contribution in [2.45, 2.75) is 6.61 Å². The number of rotatable bonds is 5. The summed E-state index contributed by atoms with van der Waals surface area (Å²) in [7, 11) is 1.79. The minimum Gasteiger partial charge on any atom is -0.486 e. The van der Waals surface area contributed by atoms with Crippen LogP contribution >= 0.6 is 11.5 Å². The number of benzene rings is 1. The first kappa shape index (κ1) is 12.3. The Bertz CT molecular complexity index is 555. The average molecular weight is 264 g/mol. The van der Waals surface area contributed by atoms with Crippen LogP contribution in [0.1, 0.15) is 16.1 Å². The van der Waals surface area contributed by atoms with Gasteiger partial charge in [0.25, 0.3) is 5.91 Å². The molecule has 1 heterocycles. The number of para-hydroxylation sites is 1. The average Bonchev–Trinajstić information content (AvgIpc) is 2.84. The number of carbonyl (C=O) groups is 1. The molecule has 0 bridgehead atoms. The zero-order chi connectivity index (χ0) is 13.0. The highest BCUT2D eigenvalue weighted by Gasteiger charge is 2.11. The van der Waals surface area contributed by atoms with Crippen molar-refractivity contribution in [1.82, 2.24) is 9.59 Å². The van der Waals surface area contributed by atoms with Crippen molar-refractivity contribution < 1.29 is 9.53 Å². The number of aromatic nitrogens is 2. The Labute approximate surface area is 108 Å². The van der Waals surface area contributed by atoms with E-state index in [0.29, 0.717) is 17.0 Å². The number of anilines is 1. The highest BCUT2D eigenvalue weighted by atomic mass is 32.1. The minimum absolute atomic E-state index is 0.233. The molecule has 1 aromatic heterocycles. The van der Waals surface area contributed by atoms with Crippen molar-refractivity contribution in [3.63, 3.8) is 0 Å². The summed E-state index contributed by atoms with van der Waals surface area (Å²) in [5.74, 6) is -0.0732. The summed E-state index contributed by atoms with van der Waals surface area (Å²) >= 11 is 1.25. The van der Waals surface area contributed by atoms with E-state index < -0.39 is 5.91 Å². The number of nitrogens with zero attached hydrogens (tertiary/aromatic N) is 2. The molecule has 0 spiro atoms. The Balaban J connectivity index is 2.13. The van der Waals surface area contributed by atoms with E-state index in [1.807, 2.05) is 0 Å². The van der Waals surface area contributed by atoms with Gasteiger partial charge in [0, 0.05) is 18.6 Å². The second-order valence-corrected chi connectivity index (χ2v) is 4.20. The zero-order valence-corrected chi connectivity index (χ0v) is 10.5. The van der Waals surface area contributed by atoms with Crippen molar-refractivity contribution in [1.29, 1.82) is 0 Å². The van der Waals surface area contributed by atoms with Gasteiger partial charge in [-0.3, -0.25) is 4.79 Å². The molecule has 1 aromatic carbocycles. The van der Waals surface area contributed by atoms with Gasteiger partial charge in [0.1, 0.15) is 23.1 Å². The van der Waals surface area contributed by atoms with Gasteiger partial charge in [-0.05, 0) is 12.1 Å². The SMILES string of the molecule is CNc1snnc1COc1ccccc1C(N)=O. The number of nitrogens with two attached hydrogens (primary N) is 1. The van der Waals surface area contributed by atoms with Gasteiger partial charge < -0.3 is 15.8 Å². The molecule has 3 N–H and O–H groups in total. The zero-order valence-electron chi connectivity index (χ0n) is 9.71. The van der Waals surface area contributed by atoms with Crippen LogP contribution in [0.25, 0.3) is 0 Å². The standard InChI is InChI=1S/C11H12N4O2S/c1-13-11-8(14-15-18-11)6-17-9-5-3-2-4-7(9)10(12)16/h2-5,13H,6H2,1H3,(H2,12,16). The molecule has 0 fully saturated rings. The maximum atomic E-state index is 11.2. The molecule has 0 aliphatic rings. The molecular weight excluding hydrogens is 252 g/mol. The van der Waals surface area contributed by atoms with E-state index in [1.165, 1.54) is 11.5 Å². The van der Waals surface area contributed by atoms with Crippen molar-refractivity contribution in [2.75, 3.05) is 12.4 Å². The Morgan fingerprint density at radius 2 is 2.28 bits per heavy atom. The third-order valence-corrected chi connectivity index (χ3v) is 3.09. The number of carbonyl (C=O) groups excluding carboxylic acids is 1. The third-order valence-electron chi connectivity index (χ3n) is 2.30. The van der Waals surface area contributed by atoms with E-state index in [1.54, 1.807) is 31.3 Å². The number of nitrogens with one attached hydrogen (secondary N) is 1.